The van der Waals surface area contributed by atoms with E-state index in [-0.39, 0.29) is 23.1 Å². The van der Waals surface area contributed by atoms with E-state index < -0.39 is 0 Å². The molecule has 2 fully saturated rings. The Morgan fingerprint density at radius 1 is 1.23 bits per heavy atom. The average Bonchev–Trinajstić information content (AvgIpc) is 3.12. The van der Waals surface area contributed by atoms with Crippen LogP contribution in [0.4, 0.5) is 5.69 Å². The molecule has 5 rings (SSSR count). The summed E-state index contributed by atoms with van der Waals surface area (Å²) in [6.45, 7) is 6.63. The van der Waals surface area contributed by atoms with Crippen molar-refractivity contribution in [3.63, 3.8) is 0 Å². The maximum Gasteiger partial charge on any atom is 0.270 e. The van der Waals surface area contributed by atoms with E-state index in [1.165, 1.54) is 11.1 Å². The van der Waals surface area contributed by atoms with E-state index in [1.807, 2.05) is 4.90 Å². The van der Waals surface area contributed by atoms with Crippen LogP contribution in [0.15, 0.2) is 30.5 Å². The van der Waals surface area contributed by atoms with Gasteiger partial charge in [0, 0.05) is 36.2 Å². The number of benzene rings is 1. The molecule has 1 saturated heterocycles. The Kier molecular flexibility index (Phi) is 4.60. The van der Waals surface area contributed by atoms with Crippen molar-refractivity contribution in [1.29, 1.82) is 0 Å². The lowest BCUT2D eigenvalue weighted by molar-refractivity contribution is -0.117. The number of nitrogens with zero attached hydrogens (tertiary/aromatic N) is 1. The standard InChI is InChI=1S/C24H29N3O3/c1-15(2)16-5-6-21-18(11-16)24(7-10-30-21)13-19(24)22(28)26-17-12-20(25-14-17)23(29)27-8-3-4-9-27/h5-6,11-12,14-15,19,25H,3-4,7-10,13H2,1-2H3,(H,26,28)/t19-,24-/m0/s1. The second kappa shape index (κ2) is 7.18. The summed E-state index contributed by atoms with van der Waals surface area (Å²) in [5.41, 5.74) is 3.54. The van der Waals surface area contributed by atoms with Crippen LogP contribution in [0.1, 0.15) is 67.1 Å². The molecule has 2 aromatic rings. The molecule has 2 atom stereocenters. The molecular weight excluding hydrogens is 378 g/mol. The van der Waals surface area contributed by atoms with Crippen molar-refractivity contribution < 1.29 is 14.3 Å². The number of likely N-dealkylation sites (tertiary alicyclic amines) is 1. The van der Waals surface area contributed by atoms with Crippen molar-refractivity contribution in [2.45, 2.75) is 50.9 Å². The molecule has 6 heteroatoms. The third kappa shape index (κ3) is 3.18. The number of aromatic nitrogens is 1. The zero-order valence-corrected chi connectivity index (χ0v) is 17.7. The highest BCUT2D eigenvalue weighted by molar-refractivity contribution is 5.99. The summed E-state index contributed by atoms with van der Waals surface area (Å²) < 4.78 is 5.88. The largest absolute Gasteiger partial charge is 0.493 e. The summed E-state index contributed by atoms with van der Waals surface area (Å²) in [5.74, 6) is 1.33. The number of hydrogen-bond acceptors (Lipinski definition) is 3. The van der Waals surface area contributed by atoms with Gasteiger partial charge in [-0.2, -0.15) is 0 Å². The van der Waals surface area contributed by atoms with Gasteiger partial charge in [0.05, 0.1) is 12.3 Å². The summed E-state index contributed by atoms with van der Waals surface area (Å²) in [5, 5.41) is 3.03. The van der Waals surface area contributed by atoms with Gasteiger partial charge in [-0.3, -0.25) is 9.59 Å². The highest BCUT2D eigenvalue weighted by atomic mass is 16.5. The van der Waals surface area contributed by atoms with Crippen LogP contribution in [0.3, 0.4) is 0 Å². The number of rotatable bonds is 4. The minimum atomic E-state index is -0.118. The number of H-pyrrole nitrogens is 1. The Morgan fingerprint density at radius 2 is 2.03 bits per heavy atom. The number of hydrogen-bond donors (Lipinski definition) is 2. The maximum absolute atomic E-state index is 13.1. The Morgan fingerprint density at radius 3 is 2.80 bits per heavy atom. The number of nitrogens with one attached hydrogen (secondary N) is 2. The van der Waals surface area contributed by atoms with E-state index in [0.717, 1.165) is 44.5 Å². The minimum Gasteiger partial charge on any atom is -0.493 e. The van der Waals surface area contributed by atoms with Gasteiger partial charge >= 0.3 is 0 Å². The molecule has 0 radical (unpaired) electrons. The van der Waals surface area contributed by atoms with Crippen molar-refractivity contribution in [3.05, 3.63) is 47.3 Å². The molecule has 1 spiro atoms. The van der Waals surface area contributed by atoms with Gasteiger partial charge in [0.25, 0.3) is 5.91 Å². The molecule has 3 heterocycles. The van der Waals surface area contributed by atoms with Gasteiger partial charge in [0.1, 0.15) is 11.4 Å². The van der Waals surface area contributed by atoms with Gasteiger partial charge < -0.3 is 19.9 Å². The van der Waals surface area contributed by atoms with Crippen molar-refractivity contribution in [1.82, 2.24) is 9.88 Å². The van der Waals surface area contributed by atoms with Crippen LogP contribution in [0, 0.1) is 5.92 Å². The molecule has 0 bridgehead atoms. The van der Waals surface area contributed by atoms with Crippen LogP contribution in [0.5, 0.6) is 5.75 Å². The quantitative estimate of drug-likeness (QED) is 0.803. The topological polar surface area (TPSA) is 74.4 Å². The van der Waals surface area contributed by atoms with Crippen LogP contribution < -0.4 is 10.1 Å². The average molecular weight is 408 g/mol. The molecule has 2 amide bonds. The molecule has 3 aliphatic rings. The number of ether oxygens (including phenoxy) is 1. The Balaban J connectivity index is 1.31. The second-order valence-electron chi connectivity index (χ2n) is 9.21. The second-order valence-corrected chi connectivity index (χ2v) is 9.21. The molecule has 1 aliphatic carbocycles. The number of anilines is 1. The van der Waals surface area contributed by atoms with Gasteiger partial charge in [0.15, 0.2) is 0 Å². The number of aromatic amines is 1. The Bertz CT molecular complexity index is 989. The fourth-order valence-corrected chi connectivity index (χ4v) is 5.03. The van der Waals surface area contributed by atoms with E-state index in [2.05, 4.69) is 42.3 Å². The van der Waals surface area contributed by atoms with Crippen LogP contribution in [-0.4, -0.2) is 41.4 Å². The first kappa shape index (κ1) is 19.2. The number of carbonyl (C=O) groups excluding carboxylic acids is 2. The van der Waals surface area contributed by atoms with E-state index in [1.54, 1.807) is 12.3 Å². The molecule has 1 aromatic heterocycles. The van der Waals surface area contributed by atoms with Gasteiger partial charge in [-0.1, -0.05) is 26.0 Å². The lowest BCUT2D eigenvalue weighted by Gasteiger charge is -2.28. The molecule has 1 aromatic carbocycles. The number of fused-ring (bicyclic) bond motifs is 2. The molecule has 0 unspecified atom stereocenters. The summed E-state index contributed by atoms with van der Waals surface area (Å²) in [6.07, 6.45) is 5.55. The van der Waals surface area contributed by atoms with E-state index >= 15 is 0 Å². The van der Waals surface area contributed by atoms with Gasteiger partial charge in [-0.25, -0.2) is 0 Å². The smallest absolute Gasteiger partial charge is 0.270 e. The summed E-state index contributed by atoms with van der Waals surface area (Å²) in [6, 6.07) is 8.16. The number of carbonyl (C=O) groups is 2. The first-order chi connectivity index (χ1) is 14.5. The SMILES string of the molecule is CC(C)c1ccc2c(c1)[C@]1(CCO2)C[C@H]1C(=O)Nc1c[nH]c(C(=O)N2CCCC2)c1. The van der Waals surface area contributed by atoms with Crippen LogP contribution >= 0.6 is 0 Å². The minimum absolute atomic E-state index is 0.00969. The Labute approximate surface area is 177 Å². The molecule has 30 heavy (non-hydrogen) atoms. The molecular formula is C24H29N3O3. The van der Waals surface area contributed by atoms with Crippen LogP contribution in [-0.2, 0) is 10.2 Å². The van der Waals surface area contributed by atoms with Crippen LogP contribution in [0.25, 0.3) is 0 Å². The molecule has 2 N–H and O–H groups in total. The lowest BCUT2D eigenvalue weighted by Crippen LogP contribution is -2.27. The van der Waals surface area contributed by atoms with E-state index in [4.69, 9.17) is 4.74 Å². The van der Waals surface area contributed by atoms with E-state index in [0.29, 0.717) is 23.9 Å². The highest BCUT2D eigenvalue weighted by Gasteiger charge is 2.61. The lowest BCUT2D eigenvalue weighted by atomic mass is 9.85. The monoisotopic (exact) mass is 407 g/mol. The predicted octanol–water partition coefficient (Wildman–Crippen LogP) is 4.05. The normalized spacial score (nSPS) is 24.6. The molecule has 6 nitrogen and oxygen atoms in total. The Hall–Kier alpha value is -2.76. The molecule has 158 valence electrons. The third-order valence-electron chi connectivity index (χ3n) is 6.98. The number of amides is 2. The maximum atomic E-state index is 13.1. The predicted molar refractivity (Wildman–Crippen MR) is 115 cm³/mol. The van der Waals surface area contributed by atoms with Gasteiger partial charge in [-0.05, 0) is 49.3 Å². The zero-order valence-electron chi connectivity index (χ0n) is 17.7. The summed E-state index contributed by atoms with van der Waals surface area (Å²) in [7, 11) is 0. The van der Waals surface area contributed by atoms with Crippen LogP contribution in [0.2, 0.25) is 0 Å². The molecule has 1 saturated carbocycles. The van der Waals surface area contributed by atoms with Gasteiger partial charge in [-0.15, -0.1) is 0 Å². The third-order valence-corrected chi connectivity index (χ3v) is 6.98. The van der Waals surface area contributed by atoms with Gasteiger partial charge in [0.2, 0.25) is 5.91 Å². The van der Waals surface area contributed by atoms with Crippen molar-refractivity contribution in [2.24, 2.45) is 5.92 Å². The first-order valence-electron chi connectivity index (χ1n) is 11.0. The van der Waals surface area contributed by atoms with Crippen molar-refractivity contribution >= 4 is 17.5 Å². The van der Waals surface area contributed by atoms with Crippen molar-refractivity contribution in [3.8, 4) is 5.75 Å². The highest BCUT2D eigenvalue weighted by Crippen LogP contribution is 2.61. The fourth-order valence-electron chi connectivity index (χ4n) is 5.03. The zero-order chi connectivity index (χ0) is 20.9. The van der Waals surface area contributed by atoms with E-state index in [9.17, 15) is 9.59 Å². The van der Waals surface area contributed by atoms with Crippen molar-refractivity contribution in [2.75, 3.05) is 25.0 Å². The summed E-state index contributed by atoms with van der Waals surface area (Å²) >= 11 is 0. The summed E-state index contributed by atoms with van der Waals surface area (Å²) in [4.78, 5) is 30.5. The fraction of sp³-hybridized carbons (Fsp3) is 0.500. The first-order valence-corrected chi connectivity index (χ1v) is 11.0. The molecule has 2 aliphatic heterocycles.